The van der Waals surface area contributed by atoms with Crippen LogP contribution in [0.15, 0.2) is 101 Å². The minimum absolute atomic E-state index is 0.00985. The fraction of sp³-hybridized carbons (Fsp3) is 0.327. The van der Waals surface area contributed by atoms with Crippen LogP contribution in [0, 0.1) is 10.8 Å². The highest BCUT2D eigenvalue weighted by molar-refractivity contribution is 6.40. The van der Waals surface area contributed by atoms with Crippen molar-refractivity contribution in [3.8, 4) is 5.69 Å². The van der Waals surface area contributed by atoms with E-state index in [0.29, 0.717) is 16.2 Å². The molecule has 1 N–H and O–H groups in total. The topological polar surface area (TPSA) is 81.3 Å². The number of rotatable bonds is 7. The van der Waals surface area contributed by atoms with Crippen LogP contribution in [0.2, 0.25) is 0 Å². The van der Waals surface area contributed by atoms with Crippen molar-refractivity contribution in [1.29, 1.82) is 0 Å². The van der Waals surface area contributed by atoms with E-state index in [0.717, 1.165) is 66.4 Å². The van der Waals surface area contributed by atoms with E-state index in [1.54, 1.807) is 12.1 Å². The molecule has 294 valence electrons. The molecule has 0 bridgehead atoms. The van der Waals surface area contributed by atoms with E-state index < -0.39 is 23.6 Å². The largest absolute Gasteiger partial charge is 0.480 e. The first kappa shape index (κ1) is 37.8. The number of hydrogen-bond donors (Lipinski definition) is 1. The molecule has 2 aromatic heterocycles. The number of hydrogen-bond acceptors (Lipinski definition) is 3. The predicted molar refractivity (Wildman–Crippen MR) is 243 cm³/mol. The third-order valence-electron chi connectivity index (χ3n) is 12.5. The van der Waals surface area contributed by atoms with Crippen LogP contribution in [-0.4, -0.2) is 20.2 Å². The molecule has 0 aliphatic heterocycles. The lowest BCUT2D eigenvalue weighted by molar-refractivity contribution is -0.137. The molecule has 9 rings (SSSR count). The summed E-state index contributed by atoms with van der Waals surface area (Å²) in [6.45, 7) is 22.6. The number of carboxylic acid groups (broad SMARTS) is 1. The van der Waals surface area contributed by atoms with E-state index >= 15 is 0 Å². The SMILES string of the molecule is CC(C)(C)CC(C)(C)c1ccc(-n2c3ccc(C(C)(C)CC(C)(C)C)cc3c3ccc4c5ccc6c(=O)n(CC(=O)O)c(=O)c7ccc(c8ccc2c3c48)c5c67)cc1. The summed E-state index contributed by atoms with van der Waals surface area (Å²) in [4.78, 5) is 39.0. The van der Waals surface area contributed by atoms with Gasteiger partial charge >= 0.3 is 5.97 Å². The molecule has 58 heavy (non-hydrogen) atoms. The Balaban J connectivity index is 1.39. The van der Waals surface area contributed by atoms with Crippen LogP contribution in [0.4, 0.5) is 0 Å². The van der Waals surface area contributed by atoms with E-state index in [4.69, 9.17) is 0 Å². The number of pyridine rings is 2. The van der Waals surface area contributed by atoms with Crippen LogP contribution in [0.25, 0.3) is 81.4 Å². The summed E-state index contributed by atoms with van der Waals surface area (Å²) in [6.07, 6.45) is 2.10. The molecule has 7 aromatic carbocycles. The van der Waals surface area contributed by atoms with Gasteiger partial charge in [0.25, 0.3) is 11.1 Å². The van der Waals surface area contributed by atoms with Gasteiger partial charge in [-0.2, -0.15) is 0 Å². The number of benzene rings is 7. The van der Waals surface area contributed by atoms with Crippen molar-refractivity contribution in [2.75, 3.05) is 0 Å². The van der Waals surface area contributed by atoms with Gasteiger partial charge in [0.2, 0.25) is 0 Å². The van der Waals surface area contributed by atoms with Gasteiger partial charge in [0.05, 0.1) is 11.0 Å². The van der Waals surface area contributed by atoms with Crippen LogP contribution in [-0.2, 0) is 22.2 Å². The number of carbonyl (C=O) groups is 1. The van der Waals surface area contributed by atoms with Crippen molar-refractivity contribution < 1.29 is 9.90 Å². The molecule has 0 aliphatic rings. The summed E-state index contributed by atoms with van der Waals surface area (Å²) in [5.74, 6) is -1.23. The number of aliphatic carboxylic acids is 1. The second-order valence-electron chi connectivity index (χ2n) is 20.6. The highest BCUT2D eigenvalue weighted by atomic mass is 16.4. The molecule has 9 aromatic rings. The molecule has 0 unspecified atom stereocenters. The Hall–Kier alpha value is -5.75. The van der Waals surface area contributed by atoms with Gasteiger partial charge in [0, 0.05) is 38.0 Å². The smallest absolute Gasteiger partial charge is 0.323 e. The van der Waals surface area contributed by atoms with E-state index in [-0.39, 0.29) is 21.7 Å². The summed E-state index contributed by atoms with van der Waals surface area (Å²) in [5, 5.41) is 20.4. The van der Waals surface area contributed by atoms with Crippen LogP contribution >= 0.6 is 0 Å². The zero-order valence-electron chi connectivity index (χ0n) is 35.3. The van der Waals surface area contributed by atoms with Crippen LogP contribution in [0.5, 0.6) is 0 Å². The van der Waals surface area contributed by atoms with Gasteiger partial charge in [-0.05, 0) is 120 Å². The first-order valence-electron chi connectivity index (χ1n) is 20.5. The van der Waals surface area contributed by atoms with Crippen molar-refractivity contribution in [2.24, 2.45) is 10.8 Å². The quantitative estimate of drug-likeness (QED) is 0.129. The second-order valence-corrected chi connectivity index (χ2v) is 20.6. The van der Waals surface area contributed by atoms with E-state index in [1.807, 2.05) is 12.1 Å². The summed E-state index contributed by atoms with van der Waals surface area (Å²) in [6, 6.07) is 32.6. The molecule has 0 fully saturated rings. The fourth-order valence-corrected chi connectivity index (χ4v) is 11.0. The summed E-state index contributed by atoms with van der Waals surface area (Å²) >= 11 is 0. The van der Waals surface area contributed by atoms with Crippen molar-refractivity contribution >= 4 is 81.6 Å². The molecule has 0 atom stereocenters. The molecular weight excluding hydrogens is 717 g/mol. The maximum atomic E-state index is 13.7. The van der Waals surface area contributed by atoms with Gasteiger partial charge in [-0.25, -0.2) is 0 Å². The van der Waals surface area contributed by atoms with Crippen molar-refractivity contribution in [3.05, 3.63) is 123 Å². The average molecular weight is 769 g/mol. The maximum Gasteiger partial charge on any atom is 0.323 e. The molecular formula is C52H52N2O4. The fourth-order valence-electron chi connectivity index (χ4n) is 11.0. The molecule has 2 heterocycles. The molecule has 0 amide bonds. The standard InChI is InChI=1S/C52H52N2O4/c1-49(2,3)27-51(7,8)29-11-14-31(15-12-29)54-40-23-13-30(52(9,10)28-50(4,5)6)25-39(40)36-17-16-34-32-18-20-37-45-38(48(58)53(47(37)57)26-42(55)56)21-19-33(43(32)45)35-22-24-41(54)46(36)44(34)35/h11-25H,26-28H2,1-10H3,(H,55,56). The van der Waals surface area contributed by atoms with Crippen LogP contribution < -0.4 is 11.1 Å². The van der Waals surface area contributed by atoms with Crippen LogP contribution in [0.3, 0.4) is 0 Å². The van der Waals surface area contributed by atoms with Gasteiger partial charge in [-0.15, -0.1) is 0 Å². The predicted octanol–water partition coefficient (Wildman–Crippen LogP) is 12.5. The first-order valence-corrected chi connectivity index (χ1v) is 20.5. The summed E-state index contributed by atoms with van der Waals surface area (Å²) in [7, 11) is 0. The lowest BCUT2D eigenvalue weighted by Crippen LogP contribution is -2.35. The minimum atomic E-state index is -1.23. The highest BCUT2D eigenvalue weighted by Crippen LogP contribution is 2.48. The van der Waals surface area contributed by atoms with E-state index in [2.05, 4.69) is 141 Å². The molecule has 0 spiro atoms. The number of carboxylic acids is 1. The third-order valence-corrected chi connectivity index (χ3v) is 12.5. The summed E-state index contributed by atoms with van der Waals surface area (Å²) in [5.41, 5.74) is 5.11. The van der Waals surface area contributed by atoms with Gasteiger partial charge in [-0.1, -0.05) is 118 Å². The first-order chi connectivity index (χ1) is 27.1. The normalized spacial score (nSPS) is 13.5. The van der Waals surface area contributed by atoms with Crippen LogP contribution in [0.1, 0.15) is 93.2 Å². The Morgan fingerprint density at radius 2 is 0.879 bits per heavy atom. The monoisotopic (exact) mass is 768 g/mol. The number of nitrogens with zero attached hydrogens (tertiary/aromatic N) is 2. The van der Waals surface area contributed by atoms with Crippen molar-refractivity contribution in [3.63, 3.8) is 0 Å². The highest BCUT2D eigenvalue weighted by Gasteiger charge is 2.30. The Morgan fingerprint density at radius 1 is 0.483 bits per heavy atom. The average Bonchev–Trinajstić information content (AvgIpc) is 3.13. The summed E-state index contributed by atoms with van der Waals surface area (Å²) < 4.78 is 3.27. The number of aromatic nitrogens is 2. The molecule has 6 nitrogen and oxygen atoms in total. The Morgan fingerprint density at radius 3 is 1.38 bits per heavy atom. The number of fused-ring (bicyclic) bond motifs is 4. The zero-order chi connectivity index (χ0) is 41.4. The zero-order valence-corrected chi connectivity index (χ0v) is 35.3. The van der Waals surface area contributed by atoms with E-state index in [9.17, 15) is 19.5 Å². The Labute approximate surface area is 338 Å². The molecule has 0 aliphatic carbocycles. The maximum absolute atomic E-state index is 13.7. The molecule has 0 saturated heterocycles. The van der Waals surface area contributed by atoms with Crippen molar-refractivity contribution in [2.45, 2.75) is 99.5 Å². The van der Waals surface area contributed by atoms with Gasteiger partial charge < -0.3 is 9.67 Å². The van der Waals surface area contributed by atoms with Gasteiger partial charge in [0.1, 0.15) is 6.54 Å². The minimum Gasteiger partial charge on any atom is -0.480 e. The van der Waals surface area contributed by atoms with E-state index in [1.165, 1.54) is 27.3 Å². The molecule has 0 radical (unpaired) electrons. The second kappa shape index (κ2) is 12.4. The third kappa shape index (κ3) is 5.78. The van der Waals surface area contributed by atoms with Crippen molar-refractivity contribution in [1.82, 2.24) is 9.13 Å². The van der Waals surface area contributed by atoms with Gasteiger partial charge in [0.15, 0.2) is 0 Å². The Bertz CT molecular complexity index is 3190. The lowest BCUT2D eigenvalue weighted by atomic mass is 9.72. The van der Waals surface area contributed by atoms with Gasteiger partial charge in [-0.3, -0.25) is 19.0 Å². The molecule has 6 heteroatoms. The Kier molecular flexibility index (Phi) is 8.07. The molecule has 0 saturated carbocycles. The lowest BCUT2D eigenvalue weighted by Gasteiger charge is -2.33.